The maximum absolute atomic E-state index is 6.17. The second-order valence-corrected chi connectivity index (χ2v) is 6.40. The van der Waals surface area contributed by atoms with Crippen LogP contribution in [-0.2, 0) is 6.54 Å². The molecular weight excluding hydrogens is 354 g/mol. The van der Waals surface area contributed by atoms with Gasteiger partial charge in [-0.2, -0.15) is 0 Å². The van der Waals surface area contributed by atoms with Crippen LogP contribution in [-0.4, -0.2) is 19.9 Å². The molecule has 0 aliphatic rings. The molecule has 7 heteroatoms. The highest BCUT2D eigenvalue weighted by atomic mass is 35.5. The lowest BCUT2D eigenvalue weighted by Gasteiger charge is -2.16. The first-order chi connectivity index (χ1) is 12.1. The van der Waals surface area contributed by atoms with Crippen LogP contribution in [0.3, 0.4) is 0 Å². The van der Waals surface area contributed by atoms with E-state index in [1.54, 1.807) is 11.0 Å². The van der Waals surface area contributed by atoms with Gasteiger partial charge in [0, 0.05) is 5.02 Å². The fraction of sp³-hybridized carbons (Fsp3) is 0.167. The number of rotatable bonds is 5. The lowest BCUT2D eigenvalue weighted by Crippen LogP contribution is -2.31. The van der Waals surface area contributed by atoms with Crippen molar-refractivity contribution in [1.82, 2.24) is 20.1 Å². The van der Waals surface area contributed by atoms with Crippen molar-refractivity contribution in [3.63, 3.8) is 0 Å². The van der Waals surface area contributed by atoms with Gasteiger partial charge in [0.1, 0.15) is 6.33 Å². The van der Waals surface area contributed by atoms with Crippen LogP contribution in [0.2, 0.25) is 5.02 Å². The maximum Gasteiger partial charge on any atom is 0.248 e. The Morgan fingerprint density at radius 1 is 1.16 bits per heavy atom. The molecule has 128 valence electrons. The summed E-state index contributed by atoms with van der Waals surface area (Å²) in [4.78, 5) is 4.23. The first-order valence-electron chi connectivity index (χ1n) is 7.87. The molecule has 0 fully saturated rings. The first-order valence-corrected chi connectivity index (χ1v) is 8.66. The van der Waals surface area contributed by atoms with Crippen molar-refractivity contribution in [2.75, 3.05) is 5.32 Å². The van der Waals surface area contributed by atoms with Gasteiger partial charge in [-0.25, -0.2) is 9.67 Å². The molecule has 1 heterocycles. The van der Waals surface area contributed by atoms with Gasteiger partial charge in [0.05, 0.1) is 12.6 Å². The molecule has 0 saturated carbocycles. The highest BCUT2D eigenvalue weighted by Crippen LogP contribution is 2.16. The third kappa shape index (κ3) is 4.78. The van der Waals surface area contributed by atoms with Crippen molar-refractivity contribution in [2.24, 2.45) is 0 Å². The minimum atomic E-state index is 0.0893. The number of nitrogens with one attached hydrogen (secondary N) is 2. The molecule has 2 N–H and O–H groups in total. The Hall–Kier alpha value is -2.44. The molecule has 0 radical (unpaired) electrons. The van der Waals surface area contributed by atoms with Crippen LogP contribution in [0, 0.1) is 0 Å². The summed E-state index contributed by atoms with van der Waals surface area (Å²) >= 11 is 11.5. The Labute approximate surface area is 157 Å². The van der Waals surface area contributed by atoms with Gasteiger partial charge >= 0.3 is 0 Å². The highest BCUT2D eigenvalue weighted by molar-refractivity contribution is 7.80. The summed E-state index contributed by atoms with van der Waals surface area (Å²) in [5.41, 5.74) is 2.14. The van der Waals surface area contributed by atoms with E-state index in [-0.39, 0.29) is 6.04 Å². The summed E-state index contributed by atoms with van der Waals surface area (Å²) in [7, 11) is 0. The van der Waals surface area contributed by atoms with Crippen molar-refractivity contribution in [3.8, 4) is 0 Å². The monoisotopic (exact) mass is 371 g/mol. The predicted molar refractivity (Wildman–Crippen MR) is 105 cm³/mol. The number of aromatic nitrogens is 3. The van der Waals surface area contributed by atoms with Gasteiger partial charge in [-0.05, 0) is 36.3 Å². The molecule has 1 unspecified atom stereocenters. The fourth-order valence-corrected chi connectivity index (χ4v) is 2.85. The molecule has 1 atom stereocenters. The molecule has 0 aliphatic heterocycles. The van der Waals surface area contributed by atoms with Gasteiger partial charge in [-0.15, -0.1) is 5.10 Å². The van der Waals surface area contributed by atoms with Gasteiger partial charge in [0.25, 0.3) is 0 Å². The minimum Gasteiger partial charge on any atom is -0.356 e. The molecule has 5 nitrogen and oxygen atoms in total. The number of halogens is 1. The molecule has 0 bridgehead atoms. The lowest BCUT2D eigenvalue weighted by atomic mass is 10.1. The van der Waals surface area contributed by atoms with E-state index in [0.717, 1.165) is 11.1 Å². The van der Waals surface area contributed by atoms with Crippen molar-refractivity contribution < 1.29 is 0 Å². The second kappa shape index (κ2) is 8.09. The van der Waals surface area contributed by atoms with E-state index in [2.05, 4.69) is 32.8 Å². The zero-order chi connectivity index (χ0) is 17.6. The topological polar surface area (TPSA) is 54.8 Å². The van der Waals surface area contributed by atoms with Crippen LogP contribution in [0.1, 0.15) is 24.1 Å². The van der Waals surface area contributed by atoms with Crippen LogP contribution >= 0.6 is 23.8 Å². The van der Waals surface area contributed by atoms with Crippen molar-refractivity contribution in [3.05, 3.63) is 77.1 Å². The number of anilines is 1. The zero-order valence-electron chi connectivity index (χ0n) is 13.7. The van der Waals surface area contributed by atoms with Crippen LogP contribution in [0.4, 0.5) is 5.95 Å². The fourth-order valence-electron chi connectivity index (χ4n) is 2.39. The quantitative estimate of drug-likeness (QED) is 0.663. The molecule has 0 saturated heterocycles. The number of benzene rings is 2. The van der Waals surface area contributed by atoms with Crippen LogP contribution < -0.4 is 10.6 Å². The van der Waals surface area contributed by atoms with Crippen molar-refractivity contribution in [1.29, 1.82) is 0 Å². The standard InChI is InChI=1S/C18H18ClN5S/c1-13(14-7-3-2-4-8-14)21-18(25)22-17-20-12-24(23-17)11-15-9-5-6-10-16(15)19/h2-10,12-13H,11H2,1H3,(H2,21,22,23,25). The summed E-state index contributed by atoms with van der Waals surface area (Å²) in [6.45, 7) is 2.60. The maximum atomic E-state index is 6.17. The molecular formula is C18H18ClN5S. The highest BCUT2D eigenvalue weighted by Gasteiger charge is 2.09. The Balaban J connectivity index is 1.58. The largest absolute Gasteiger partial charge is 0.356 e. The minimum absolute atomic E-state index is 0.0893. The van der Waals surface area contributed by atoms with E-state index in [4.69, 9.17) is 23.8 Å². The molecule has 3 aromatic rings. The number of nitrogens with zero attached hydrogens (tertiary/aromatic N) is 3. The SMILES string of the molecule is CC(NC(=S)Nc1ncn(Cc2ccccc2Cl)n1)c1ccccc1. The third-order valence-electron chi connectivity index (χ3n) is 3.70. The predicted octanol–water partition coefficient (Wildman–Crippen LogP) is 4.03. The smallest absolute Gasteiger partial charge is 0.248 e. The second-order valence-electron chi connectivity index (χ2n) is 5.59. The summed E-state index contributed by atoms with van der Waals surface area (Å²) in [6, 6.07) is 17.9. The molecule has 0 aliphatic carbocycles. The van der Waals surface area contributed by atoms with E-state index in [1.807, 2.05) is 49.4 Å². The third-order valence-corrected chi connectivity index (χ3v) is 4.29. The molecule has 2 aromatic carbocycles. The number of hydrogen-bond acceptors (Lipinski definition) is 3. The van der Waals surface area contributed by atoms with Crippen molar-refractivity contribution in [2.45, 2.75) is 19.5 Å². The van der Waals surface area contributed by atoms with Crippen molar-refractivity contribution >= 4 is 34.9 Å². The summed E-state index contributed by atoms with van der Waals surface area (Å²) in [5, 5.41) is 11.8. The molecule has 1 aromatic heterocycles. The summed E-state index contributed by atoms with van der Waals surface area (Å²) < 4.78 is 1.72. The van der Waals surface area contributed by atoms with Crippen LogP contribution in [0.5, 0.6) is 0 Å². The average Bonchev–Trinajstić information content (AvgIpc) is 3.04. The Bertz CT molecular complexity index is 849. The average molecular weight is 372 g/mol. The Morgan fingerprint density at radius 3 is 2.64 bits per heavy atom. The van der Waals surface area contributed by atoms with Crippen LogP contribution in [0.25, 0.3) is 0 Å². The van der Waals surface area contributed by atoms with E-state index in [9.17, 15) is 0 Å². The van der Waals surface area contributed by atoms with Gasteiger partial charge in [-0.1, -0.05) is 60.1 Å². The Morgan fingerprint density at radius 2 is 1.88 bits per heavy atom. The number of hydrogen-bond donors (Lipinski definition) is 2. The summed E-state index contributed by atoms with van der Waals surface area (Å²) in [5.74, 6) is 0.449. The summed E-state index contributed by atoms with van der Waals surface area (Å²) in [6.07, 6.45) is 1.65. The Kier molecular flexibility index (Phi) is 5.63. The molecule has 0 amide bonds. The van der Waals surface area contributed by atoms with E-state index >= 15 is 0 Å². The molecule has 3 rings (SSSR count). The van der Waals surface area contributed by atoms with E-state index < -0.39 is 0 Å². The lowest BCUT2D eigenvalue weighted by molar-refractivity contribution is 0.686. The van der Waals surface area contributed by atoms with Gasteiger partial charge in [0.2, 0.25) is 5.95 Å². The number of thiocarbonyl (C=S) groups is 1. The molecule has 0 spiro atoms. The van der Waals surface area contributed by atoms with Crippen LogP contribution in [0.15, 0.2) is 60.9 Å². The van der Waals surface area contributed by atoms with E-state index in [1.165, 1.54) is 0 Å². The van der Waals surface area contributed by atoms with Gasteiger partial charge < -0.3 is 5.32 Å². The van der Waals surface area contributed by atoms with E-state index in [0.29, 0.717) is 22.6 Å². The first kappa shape index (κ1) is 17.4. The normalized spacial score (nSPS) is 11.8. The van der Waals surface area contributed by atoms with Gasteiger partial charge in [0.15, 0.2) is 5.11 Å². The molecule has 25 heavy (non-hydrogen) atoms. The van der Waals surface area contributed by atoms with Gasteiger partial charge in [-0.3, -0.25) is 5.32 Å². The zero-order valence-corrected chi connectivity index (χ0v) is 15.3.